The first-order valence-electron chi connectivity index (χ1n) is 7.04. The zero-order valence-electron chi connectivity index (χ0n) is 11.8. The van der Waals surface area contributed by atoms with Crippen molar-refractivity contribution in [2.75, 3.05) is 26.3 Å². The average Bonchev–Trinajstić information content (AvgIpc) is 2.35. The summed E-state index contributed by atoms with van der Waals surface area (Å²) in [5.74, 6) is -0.706. The summed E-state index contributed by atoms with van der Waals surface area (Å²) >= 11 is 0. The number of likely N-dealkylation sites (tertiary alicyclic amines) is 1. The first-order valence-corrected chi connectivity index (χ1v) is 7.04. The Labute approximate surface area is 113 Å². The minimum Gasteiger partial charge on any atom is -0.481 e. The monoisotopic (exact) mass is 269 g/mol. The SMILES string of the molecule is CCCC1(C(=O)O)CCCN(C(=O)C2(C)COC2)C1. The fourth-order valence-electron chi connectivity index (χ4n) is 3.18. The van der Waals surface area contributed by atoms with Crippen LogP contribution in [-0.2, 0) is 14.3 Å². The van der Waals surface area contributed by atoms with E-state index in [2.05, 4.69) is 0 Å². The molecular formula is C14H23NO4. The molecule has 2 heterocycles. The lowest BCUT2D eigenvalue weighted by Gasteiger charge is -2.45. The predicted molar refractivity (Wildman–Crippen MR) is 69.7 cm³/mol. The second-order valence-electron chi connectivity index (χ2n) is 6.22. The summed E-state index contributed by atoms with van der Waals surface area (Å²) < 4.78 is 5.13. The number of hydrogen-bond donors (Lipinski definition) is 1. The molecule has 0 saturated carbocycles. The van der Waals surface area contributed by atoms with Crippen LogP contribution in [-0.4, -0.2) is 48.2 Å². The van der Waals surface area contributed by atoms with Crippen LogP contribution in [0.4, 0.5) is 0 Å². The van der Waals surface area contributed by atoms with Gasteiger partial charge in [-0.3, -0.25) is 9.59 Å². The van der Waals surface area contributed by atoms with Crippen LogP contribution in [0.25, 0.3) is 0 Å². The van der Waals surface area contributed by atoms with Gasteiger partial charge in [-0.1, -0.05) is 13.3 Å². The van der Waals surface area contributed by atoms with E-state index >= 15 is 0 Å². The van der Waals surface area contributed by atoms with Gasteiger partial charge < -0.3 is 14.7 Å². The fraction of sp³-hybridized carbons (Fsp3) is 0.857. The summed E-state index contributed by atoms with van der Waals surface area (Å²) in [5.41, 5.74) is -1.18. The van der Waals surface area contributed by atoms with Crippen molar-refractivity contribution in [3.05, 3.63) is 0 Å². The zero-order chi connectivity index (χ0) is 14.1. The molecule has 0 bridgehead atoms. The van der Waals surface area contributed by atoms with E-state index in [1.165, 1.54) is 0 Å². The Morgan fingerprint density at radius 3 is 2.53 bits per heavy atom. The van der Waals surface area contributed by atoms with Crippen LogP contribution in [0.3, 0.4) is 0 Å². The minimum absolute atomic E-state index is 0.0557. The van der Waals surface area contributed by atoms with Gasteiger partial charge in [0.2, 0.25) is 5.91 Å². The van der Waals surface area contributed by atoms with E-state index in [1.807, 2.05) is 13.8 Å². The molecule has 19 heavy (non-hydrogen) atoms. The third-order valence-corrected chi connectivity index (χ3v) is 4.40. The second kappa shape index (κ2) is 5.12. The molecule has 0 aromatic carbocycles. The number of carboxylic acid groups (broad SMARTS) is 1. The van der Waals surface area contributed by atoms with Gasteiger partial charge in [-0.05, 0) is 26.2 Å². The lowest BCUT2D eigenvalue weighted by Crippen LogP contribution is -2.58. The largest absolute Gasteiger partial charge is 0.481 e. The first-order chi connectivity index (χ1) is 8.93. The van der Waals surface area contributed by atoms with Crippen molar-refractivity contribution < 1.29 is 19.4 Å². The molecule has 1 amide bonds. The average molecular weight is 269 g/mol. The van der Waals surface area contributed by atoms with Gasteiger partial charge in [0.25, 0.3) is 0 Å². The number of carbonyl (C=O) groups is 2. The Kier molecular flexibility index (Phi) is 3.85. The molecule has 1 N–H and O–H groups in total. The first kappa shape index (κ1) is 14.3. The standard InChI is InChI=1S/C14H23NO4/c1-3-5-14(12(17)18)6-4-7-15(8-14)11(16)13(2)9-19-10-13/h3-10H2,1-2H3,(H,17,18). The van der Waals surface area contributed by atoms with E-state index in [0.717, 1.165) is 12.8 Å². The Hall–Kier alpha value is -1.10. The lowest BCUT2D eigenvalue weighted by atomic mass is 9.75. The third-order valence-electron chi connectivity index (χ3n) is 4.40. The van der Waals surface area contributed by atoms with Crippen LogP contribution in [0.15, 0.2) is 0 Å². The van der Waals surface area contributed by atoms with E-state index in [-0.39, 0.29) is 5.91 Å². The molecule has 5 heteroatoms. The van der Waals surface area contributed by atoms with Crippen LogP contribution < -0.4 is 0 Å². The Balaban J connectivity index is 2.11. The highest BCUT2D eigenvalue weighted by Gasteiger charge is 2.48. The number of hydrogen-bond acceptors (Lipinski definition) is 3. The third kappa shape index (κ3) is 2.48. The molecular weight excluding hydrogens is 246 g/mol. The molecule has 2 saturated heterocycles. The van der Waals surface area contributed by atoms with Crippen LogP contribution in [0.5, 0.6) is 0 Å². The number of nitrogens with zero attached hydrogens (tertiary/aromatic N) is 1. The van der Waals surface area contributed by atoms with Crippen LogP contribution in [0.2, 0.25) is 0 Å². The summed E-state index contributed by atoms with van der Waals surface area (Å²) in [4.78, 5) is 25.8. The van der Waals surface area contributed by atoms with Gasteiger partial charge in [0.1, 0.15) is 0 Å². The molecule has 2 fully saturated rings. The molecule has 0 aromatic heterocycles. The van der Waals surface area contributed by atoms with E-state index in [1.54, 1.807) is 4.90 Å². The highest BCUT2D eigenvalue weighted by Crippen LogP contribution is 2.38. The smallest absolute Gasteiger partial charge is 0.311 e. The Morgan fingerprint density at radius 2 is 2.05 bits per heavy atom. The van der Waals surface area contributed by atoms with Gasteiger partial charge in [0.15, 0.2) is 0 Å². The summed E-state index contributed by atoms with van der Waals surface area (Å²) in [5, 5.41) is 9.53. The van der Waals surface area contributed by atoms with E-state index in [9.17, 15) is 14.7 Å². The molecule has 1 atom stereocenters. The van der Waals surface area contributed by atoms with Crippen molar-refractivity contribution in [2.45, 2.75) is 39.5 Å². The number of rotatable bonds is 4. The number of aliphatic carboxylic acids is 1. The molecule has 108 valence electrons. The molecule has 2 aliphatic rings. The summed E-state index contributed by atoms with van der Waals surface area (Å²) in [6, 6.07) is 0. The van der Waals surface area contributed by atoms with E-state index in [4.69, 9.17) is 4.74 Å². The predicted octanol–water partition coefficient (Wildman–Crippen LogP) is 1.52. The number of piperidine rings is 1. The molecule has 1 unspecified atom stereocenters. The van der Waals surface area contributed by atoms with Crippen molar-refractivity contribution in [3.8, 4) is 0 Å². The van der Waals surface area contributed by atoms with Gasteiger partial charge in [-0.2, -0.15) is 0 Å². The van der Waals surface area contributed by atoms with Crippen LogP contribution in [0.1, 0.15) is 39.5 Å². The van der Waals surface area contributed by atoms with Gasteiger partial charge in [0, 0.05) is 13.1 Å². The lowest BCUT2D eigenvalue weighted by molar-refractivity contribution is -0.174. The van der Waals surface area contributed by atoms with E-state index in [0.29, 0.717) is 39.1 Å². The molecule has 0 aromatic rings. The highest BCUT2D eigenvalue weighted by atomic mass is 16.5. The molecule has 5 nitrogen and oxygen atoms in total. The van der Waals surface area contributed by atoms with Crippen molar-refractivity contribution in [2.24, 2.45) is 10.8 Å². The summed E-state index contributed by atoms with van der Waals surface area (Å²) in [6.45, 7) is 5.83. The topological polar surface area (TPSA) is 66.8 Å². The number of ether oxygens (including phenoxy) is 1. The van der Waals surface area contributed by atoms with Crippen molar-refractivity contribution in [1.29, 1.82) is 0 Å². The van der Waals surface area contributed by atoms with Gasteiger partial charge in [0.05, 0.1) is 24.0 Å². The molecule has 0 radical (unpaired) electrons. The summed E-state index contributed by atoms with van der Waals surface area (Å²) in [6.07, 6.45) is 2.91. The second-order valence-corrected chi connectivity index (χ2v) is 6.22. The van der Waals surface area contributed by atoms with Crippen molar-refractivity contribution in [3.63, 3.8) is 0 Å². The minimum atomic E-state index is -0.762. The van der Waals surface area contributed by atoms with Crippen LogP contribution in [0, 0.1) is 10.8 Å². The molecule has 0 aliphatic carbocycles. The van der Waals surface area contributed by atoms with Crippen LogP contribution >= 0.6 is 0 Å². The maximum Gasteiger partial charge on any atom is 0.311 e. The summed E-state index contributed by atoms with van der Waals surface area (Å²) in [7, 11) is 0. The van der Waals surface area contributed by atoms with Crippen molar-refractivity contribution >= 4 is 11.9 Å². The van der Waals surface area contributed by atoms with Gasteiger partial charge in [-0.15, -0.1) is 0 Å². The van der Waals surface area contributed by atoms with Gasteiger partial charge >= 0.3 is 5.97 Å². The van der Waals surface area contributed by atoms with E-state index < -0.39 is 16.8 Å². The molecule has 0 spiro atoms. The fourth-order valence-corrected chi connectivity index (χ4v) is 3.18. The number of carboxylic acids is 1. The number of amides is 1. The molecule has 2 aliphatic heterocycles. The maximum absolute atomic E-state index is 12.5. The zero-order valence-corrected chi connectivity index (χ0v) is 11.8. The molecule has 2 rings (SSSR count). The normalized spacial score (nSPS) is 29.7. The number of carbonyl (C=O) groups excluding carboxylic acids is 1. The maximum atomic E-state index is 12.5. The Bertz CT molecular complexity index is 374. The van der Waals surface area contributed by atoms with Crippen molar-refractivity contribution in [1.82, 2.24) is 4.90 Å². The van der Waals surface area contributed by atoms with Gasteiger partial charge in [-0.25, -0.2) is 0 Å². The Morgan fingerprint density at radius 1 is 1.37 bits per heavy atom. The highest BCUT2D eigenvalue weighted by molar-refractivity contribution is 5.85. The quantitative estimate of drug-likeness (QED) is 0.840.